The zero-order valence-electron chi connectivity index (χ0n) is 45.9. The van der Waals surface area contributed by atoms with Gasteiger partial charge in [0.05, 0.1) is 27.5 Å². The van der Waals surface area contributed by atoms with Crippen LogP contribution in [0.25, 0.3) is 11.1 Å². The van der Waals surface area contributed by atoms with E-state index < -0.39 is 169 Å². The highest BCUT2D eigenvalue weighted by Gasteiger charge is 2.38. The Bertz CT molecular complexity index is 2810. The smallest absolute Gasteiger partial charge is 0.243 e. The molecule has 85 heavy (non-hydrogen) atoms. The highest BCUT2D eigenvalue weighted by molar-refractivity contribution is 7.99. The highest BCUT2D eigenvalue weighted by Crippen LogP contribution is 2.42. The van der Waals surface area contributed by atoms with Crippen LogP contribution in [0.15, 0.2) is 29.8 Å². The van der Waals surface area contributed by atoms with E-state index in [-0.39, 0.29) is 125 Å². The molecule has 3 aliphatic rings. The number of ketones is 1. The van der Waals surface area contributed by atoms with E-state index in [4.69, 9.17) is 45.9 Å². The fourth-order valence-electron chi connectivity index (χ4n) is 7.75. The average molecular weight is 1270 g/mol. The predicted molar refractivity (Wildman–Crippen MR) is 306 cm³/mol. The van der Waals surface area contributed by atoms with Crippen molar-refractivity contribution in [3.63, 3.8) is 0 Å². The normalized spacial score (nSPS) is 19.6. The SMILES string of the molecule is CCC(C)C(=O)CNC(=O)C1CSc2c(F)c(F)c(c(F)c2F)-c2c(F)c(F)c(c(F)c2F)SCC(NS)C(=O)NC(CCCN=C(N)N)C(=O)NC(CCCN=C(N)N)C(=O)NC(CCCN=C(N)N)C(=O)NC(CCCN=C(N)N)C(=O)N1. The minimum Gasteiger partial charge on any atom is -0.370 e. The number of thiol groups is 1. The van der Waals surface area contributed by atoms with Gasteiger partial charge < -0.3 is 77.8 Å². The van der Waals surface area contributed by atoms with Crippen LogP contribution in [-0.2, 0) is 33.6 Å². The topological polar surface area (TPSA) is 461 Å². The molecule has 0 spiro atoms. The number of nitrogens with two attached hydrogens (primary N) is 8. The molecule has 0 fully saturated rings. The van der Waals surface area contributed by atoms with Crippen LogP contribution in [0.2, 0.25) is 0 Å². The molecule has 3 aliphatic heterocycles. The van der Waals surface area contributed by atoms with Crippen LogP contribution >= 0.6 is 36.3 Å². The minimum absolute atomic E-state index is 0.0253. The first-order valence-electron chi connectivity index (χ1n) is 26.0. The molecule has 0 saturated carbocycles. The molecular weight excluding hydrogens is 1200 g/mol. The van der Waals surface area contributed by atoms with Gasteiger partial charge in [-0.1, -0.05) is 26.7 Å². The second kappa shape index (κ2) is 35.0. The third-order valence-electron chi connectivity index (χ3n) is 12.5. The Balaban J connectivity index is 2.38. The molecule has 4 bridgehead atoms. The van der Waals surface area contributed by atoms with Crippen LogP contribution in [0.5, 0.6) is 0 Å². The van der Waals surface area contributed by atoms with Crippen molar-refractivity contribution in [2.75, 3.05) is 44.2 Å². The fraction of sp³-hybridized carbons (Fsp3) is 0.521. The number of aliphatic imine (C=N–C) groups is 4. The van der Waals surface area contributed by atoms with Crippen molar-refractivity contribution in [3.8, 4) is 11.1 Å². The number of hydrogen-bond donors (Lipinski definition) is 16. The number of rotatable bonds is 22. The number of thioether (sulfide) groups is 2. The molecule has 0 saturated heterocycles. The summed E-state index contributed by atoms with van der Waals surface area (Å²) in [7, 11) is 0. The second-order valence-corrected chi connectivity index (χ2v) is 21.1. The number of fused-ring (bicyclic) bond motifs is 2. The summed E-state index contributed by atoms with van der Waals surface area (Å²) in [6, 6.07) is -10.4. The maximum Gasteiger partial charge on any atom is 0.243 e. The molecule has 7 unspecified atom stereocenters. The van der Waals surface area contributed by atoms with Gasteiger partial charge in [-0.05, 0) is 57.8 Å². The molecule has 3 heterocycles. The number of amides is 6. The van der Waals surface area contributed by atoms with Crippen LogP contribution in [0.3, 0.4) is 0 Å². The van der Waals surface area contributed by atoms with Gasteiger partial charge in [-0.2, -0.15) is 0 Å². The summed E-state index contributed by atoms with van der Waals surface area (Å²) in [5, 5.41) is 14.4. The van der Waals surface area contributed by atoms with Gasteiger partial charge in [-0.15, -0.1) is 23.5 Å². The number of benzene rings is 2. The zero-order chi connectivity index (χ0) is 63.8. The Kier molecular flexibility index (Phi) is 29.6. The van der Waals surface area contributed by atoms with Gasteiger partial charge in [0.1, 0.15) is 36.3 Å². The summed E-state index contributed by atoms with van der Waals surface area (Å²) in [5.41, 5.74) is 39.4. The van der Waals surface area contributed by atoms with Crippen molar-refractivity contribution < 1.29 is 68.7 Å². The lowest BCUT2D eigenvalue weighted by Gasteiger charge is -2.28. The Morgan fingerprint density at radius 2 is 0.824 bits per heavy atom. The number of nitrogens with one attached hydrogen (secondary N) is 7. The van der Waals surface area contributed by atoms with E-state index >= 15 is 35.1 Å². The molecule has 37 heteroatoms. The molecule has 0 aliphatic carbocycles. The highest BCUT2D eigenvalue weighted by atomic mass is 32.2. The Labute approximate surface area is 496 Å². The van der Waals surface area contributed by atoms with Gasteiger partial charge in [0.2, 0.25) is 35.4 Å². The first kappa shape index (κ1) is 71.7. The van der Waals surface area contributed by atoms with E-state index in [1.54, 1.807) is 6.92 Å². The van der Waals surface area contributed by atoms with E-state index in [0.29, 0.717) is 6.42 Å². The van der Waals surface area contributed by atoms with Gasteiger partial charge in [0, 0.05) is 43.6 Å². The van der Waals surface area contributed by atoms with E-state index in [9.17, 15) is 33.6 Å². The molecule has 2 aromatic rings. The summed E-state index contributed by atoms with van der Waals surface area (Å²) in [6.45, 7) is 1.97. The average Bonchev–Trinajstić information content (AvgIpc) is 1.24. The lowest BCUT2D eigenvalue weighted by molar-refractivity contribution is -0.135. The largest absolute Gasteiger partial charge is 0.370 e. The maximum atomic E-state index is 16.1. The molecular formula is C48H69F8N19O7S3. The molecule has 2 aromatic carbocycles. The number of carbonyl (C=O) groups is 7. The minimum atomic E-state index is -2.58. The quantitative estimate of drug-likeness (QED) is 0.0165. The van der Waals surface area contributed by atoms with Crippen molar-refractivity contribution in [1.82, 2.24) is 36.6 Å². The number of guanidine groups is 4. The molecule has 472 valence electrons. The Morgan fingerprint density at radius 3 is 1.13 bits per heavy atom. The molecule has 0 radical (unpaired) electrons. The monoisotopic (exact) mass is 1270 g/mol. The van der Waals surface area contributed by atoms with Crippen LogP contribution in [0.4, 0.5) is 35.1 Å². The molecule has 26 nitrogen and oxygen atoms in total. The van der Waals surface area contributed by atoms with Gasteiger partial charge in [0.25, 0.3) is 0 Å². The van der Waals surface area contributed by atoms with Crippen LogP contribution in [0, 0.1) is 52.5 Å². The molecule has 6 amide bonds. The number of halogens is 8. The summed E-state index contributed by atoms with van der Waals surface area (Å²) in [4.78, 5) is 110. The van der Waals surface area contributed by atoms with E-state index in [2.05, 4.69) is 69.4 Å². The van der Waals surface area contributed by atoms with Gasteiger partial charge in [-0.3, -0.25) is 58.3 Å². The van der Waals surface area contributed by atoms with Gasteiger partial charge in [-0.25, -0.2) is 35.1 Å². The van der Waals surface area contributed by atoms with Crippen LogP contribution in [-0.4, -0.2) is 146 Å². The van der Waals surface area contributed by atoms with E-state index in [1.165, 1.54) is 6.92 Å². The Hall–Kier alpha value is -7.54. The summed E-state index contributed by atoms with van der Waals surface area (Å²) < 4.78 is 130. The predicted octanol–water partition coefficient (Wildman–Crippen LogP) is -1.16. The van der Waals surface area contributed by atoms with Gasteiger partial charge >= 0.3 is 0 Å². The summed E-state index contributed by atoms with van der Waals surface area (Å²) in [6.07, 6.45) is -1.17. The number of hydrogen-bond acceptors (Lipinski definition) is 15. The number of Topliss-reactive ketones (excluding diaryl/α,β-unsaturated/α-hetero) is 1. The van der Waals surface area contributed by atoms with Crippen LogP contribution in [0.1, 0.15) is 71.6 Å². The zero-order valence-corrected chi connectivity index (χ0v) is 48.4. The lowest BCUT2D eigenvalue weighted by atomic mass is 10.0. The van der Waals surface area contributed by atoms with Crippen LogP contribution < -0.4 is 82.5 Å². The number of nitrogens with zero attached hydrogens (tertiary/aromatic N) is 4. The fourth-order valence-corrected chi connectivity index (χ4v) is 10.1. The summed E-state index contributed by atoms with van der Waals surface area (Å²) >= 11 is 3.60. The van der Waals surface area contributed by atoms with E-state index in [1.807, 2.05) is 0 Å². The second-order valence-electron chi connectivity index (χ2n) is 18.8. The van der Waals surface area contributed by atoms with Crippen molar-refractivity contribution in [2.45, 2.75) is 118 Å². The summed E-state index contributed by atoms with van der Waals surface area (Å²) in [5.74, 6) is -31.1. The Morgan fingerprint density at radius 1 is 0.518 bits per heavy atom. The van der Waals surface area contributed by atoms with Crippen molar-refractivity contribution >= 4 is 101 Å². The van der Waals surface area contributed by atoms with Crippen molar-refractivity contribution in [2.24, 2.45) is 71.8 Å². The maximum absolute atomic E-state index is 16.1. The van der Waals surface area contributed by atoms with Gasteiger partial charge in [0.15, 0.2) is 76.2 Å². The first-order valence-corrected chi connectivity index (χ1v) is 28.4. The molecule has 5 rings (SSSR count). The lowest BCUT2D eigenvalue weighted by Crippen LogP contribution is -2.59. The van der Waals surface area contributed by atoms with E-state index in [0.717, 1.165) is 0 Å². The molecule has 0 aromatic heterocycles. The third kappa shape index (κ3) is 21.8. The molecule has 23 N–H and O–H groups in total. The van der Waals surface area contributed by atoms with Crippen molar-refractivity contribution in [3.05, 3.63) is 46.5 Å². The molecule has 7 atom stereocenters. The first-order chi connectivity index (χ1) is 40.1. The van der Waals surface area contributed by atoms with Crippen molar-refractivity contribution in [1.29, 1.82) is 0 Å². The standard InChI is InChI=1S/C48H69F8N19O7S3/c1-3-19(2)26(76)16-69-39(77)24-17-84-37-33(53)29(49)27(30(50)34(37)54)28-31(51)35(55)38(36(56)32(28)52)85-18-25(75-83)44(82)73-22(10-6-14-67-47(61)62)42(80)71-20(8-4-12-65-45(57)58)40(78)70-21(9-5-13-66-46(59)60)41(79)72-23(43(81)74-24)11-7-15-68-48(63)64/h19-25,75,83H,3-18H2,1-2H3,(H,69,77)(H,70,78)(H,71,80)(H,72,79)(H,73,82)(H,74,81)(H4,57,58,65)(H4,59,60,66)(H4,61,62,67)(H4,63,64,68). The number of carbonyl (C=O) groups excluding carboxylic acids is 7. The third-order valence-corrected chi connectivity index (χ3v) is 15.1.